The van der Waals surface area contributed by atoms with E-state index in [1.54, 1.807) is 18.2 Å². The average Bonchev–Trinajstić information content (AvgIpc) is 3.15. The summed E-state index contributed by atoms with van der Waals surface area (Å²) in [4.78, 5) is 13.4. The number of allylic oxidation sites excluding steroid dienone is 2. The van der Waals surface area contributed by atoms with Crippen LogP contribution >= 0.6 is 0 Å². The Bertz CT molecular complexity index is 1060. The van der Waals surface area contributed by atoms with Crippen LogP contribution in [0, 0.1) is 11.3 Å². The van der Waals surface area contributed by atoms with E-state index < -0.39 is 5.91 Å². The molecule has 2 aromatic rings. The summed E-state index contributed by atoms with van der Waals surface area (Å²) in [6.45, 7) is 12.3. The van der Waals surface area contributed by atoms with E-state index in [1.807, 2.05) is 25.1 Å². The molecule has 0 aliphatic carbocycles. The van der Waals surface area contributed by atoms with Gasteiger partial charge in [0.05, 0.1) is 0 Å². The molecule has 0 saturated heterocycles. The van der Waals surface area contributed by atoms with Gasteiger partial charge in [0.15, 0.2) is 0 Å². The third kappa shape index (κ3) is 4.80. The highest BCUT2D eigenvalue weighted by Crippen LogP contribution is 2.21. The smallest absolute Gasteiger partial charge is 0.259 e. The summed E-state index contributed by atoms with van der Waals surface area (Å²) in [5.41, 5.74) is 7.02. The van der Waals surface area contributed by atoms with Crippen LogP contribution in [-0.4, -0.2) is 23.9 Å². The van der Waals surface area contributed by atoms with E-state index in [0.29, 0.717) is 11.5 Å². The molecule has 1 amide bonds. The molecular weight excluding hydrogens is 350 g/mol. The van der Waals surface area contributed by atoms with Crippen molar-refractivity contribution < 1.29 is 9.21 Å². The molecule has 0 aliphatic rings. The zero-order chi connectivity index (χ0) is 20.7. The first kappa shape index (κ1) is 20.8. The highest BCUT2D eigenvalue weighted by molar-refractivity contribution is 6.00. The zero-order valence-electron chi connectivity index (χ0n) is 16.5. The highest BCUT2D eigenvalue weighted by Gasteiger charge is 2.08. The Morgan fingerprint density at radius 3 is 2.54 bits per heavy atom. The molecule has 1 aromatic heterocycles. The fraction of sp³-hybridized carbons (Fsp3) is 0.217. The largest absolute Gasteiger partial charge is 0.457 e. The number of amides is 1. The second-order valence-corrected chi connectivity index (χ2v) is 6.18. The molecule has 0 atom stereocenters. The molecule has 5 nitrogen and oxygen atoms in total. The van der Waals surface area contributed by atoms with Crippen LogP contribution < -0.4 is 16.2 Å². The predicted octanol–water partition coefficient (Wildman–Crippen LogP) is 2.78. The van der Waals surface area contributed by atoms with Gasteiger partial charge in [-0.25, -0.2) is 0 Å². The minimum Gasteiger partial charge on any atom is -0.457 e. The second-order valence-electron chi connectivity index (χ2n) is 6.18. The lowest BCUT2D eigenvalue weighted by Crippen LogP contribution is -2.27. The van der Waals surface area contributed by atoms with Gasteiger partial charge in [0, 0.05) is 30.4 Å². The first-order chi connectivity index (χ1) is 13.4. The van der Waals surface area contributed by atoms with Crippen molar-refractivity contribution in [2.45, 2.75) is 20.8 Å². The molecule has 0 unspecified atom stereocenters. The van der Waals surface area contributed by atoms with Crippen molar-refractivity contribution >= 4 is 24.6 Å². The van der Waals surface area contributed by atoms with Gasteiger partial charge in [0.25, 0.3) is 5.91 Å². The maximum atomic E-state index is 11.2. The predicted molar refractivity (Wildman–Crippen MR) is 113 cm³/mol. The van der Waals surface area contributed by atoms with Gasteiger partial charge in [0.2, 0.25) is 0 Å². The number of nitrogens with zero attached hydrogens (tertiary/aromatic N) is 2. The second kappa shape index (κ2) is 9.43. The van der Waals surface area contributed by atoms with E-state index in [4.69, 9.17) is 15.4 Å². The molecular formula is C23H25N3O2. The Kier molecular flexibility index (Phi) is 7.00. The van der Waals surface area contributed by atoms with Gasteiger partial charge in [-0.2, -0.15) is 5.26 Å². The number of furan rings is 1. The Hall–Kier alpha value is -3.52. The third-order valence-electron chi connectivity index (χ3n) is 4.45. The van der Waals surface area contributed by atoms with Gasteiger partial charge < -0.3 is 15.1 Å². The van der Waals surface area contributed by atoms with E-state index in [-0.39, 0.29) is 5.57 Å². The van der Waals surface area contributed by atoms with Gasteiger partial charge in [-0.15, -0.1) is 0 Å². The number of benzene rings is 1. The lowest BCUT2D eigenvalue weighted by Gasteiger charge is -2.21. The van der Waals surface area contributed by atoms with Crippen LogP contribution in [-0.2, 0) is 4.79 Å². The summed E-state index contributed by atoms with van der Waals surface area (Å²) in [6.07, 6.45) is 5.56. The Morgan fingerprint density at radius 2 is 2.00 bits per heavy atom. The van der Waals surface area contributed by atoms with Gasteiger partial charge in [0.1, 0.15) is 23.2 Å². The summed E-state index contributed by atoms with van der Waals surface area (Å²) in [6, 6.07) is 11.2. The van der Waals surface area contributed by atoms with Crippen molar-refractivity contribution in [2.75, 3.05) is 13.1 Å². The highest BCUT2D eigenvalue weighted by atomic mass is 16.3. The third-order valence-corrected chi connectivity index (χ3v) is 4.45. The van der Waals surface area contributed by atoms with Crippen molar-refractivity contribution in [3.63, 3.8) is 0 Å². The molecule has 144 valence electrons. The number of nitriles is 1. The van der Waals surface area contributed by atoms with Gasteiger partial charge in [-0.1, -0.05) is 24.8 Å². The Labute approximate surface area is 165 Å². The molecule has 2 N–H and O–H groups in total. The maximum absolute atomic E-state index is 11.2. The molecule has 0 radical (unpaired) electrons. The molecule has 0 bridgehead atoms. The van der Waals surface area contributed by atoms with Crippen molar-refractivity contribution in [1.82, 2.24) is 4.90 Å². The molecule has 28 heavy (non-hydrogen) atoms. The Balaban J connectivity index is 2.38. The zero-order valence-corrected chi connectivity index (χ0v) is 16.5. The fourth-order valence-electron chi connectivity index (χ4n) is 2.89. The van der Waals surface area contributed by atoms with Crippen LogP contribution in [0.25, 0.3) is 30.1 Å². The van der Waals surface area contributed by atoms with E-state index in [9.17, 15) is 4.79 Å². The van der Waals surface area contributed by atoms with Crippen molar-refractivity contribution in [1.29, 1.82) is 5.26 Å². The lowest BCUT2D eigenvalue weighted by atomic mass is 10.1. The fourth-order valence-corrected chi connectivity index (χ4v) is 2.89. The first-order valence-corrected chi connectivity index (χ1v) is 9.17. The molecule has 0 aliphatic heterocycles. The van der Waals surface area contributed by atoms with Crippen LogP contribution in [0.1, 0.15) is 26.5 Å². The maximum Gasteiger partial charge on any atom is 0.259 e. The standard InChI is InChI=1S/C23H25N3O2/c1-5-20(26(6-2)7-3)13-17-8-9-18(12-16(17)4)22-11-10-21(28-22)14-19(15-24)23(25)27/h5,8-14H,4,6-7H2,1-3H3,(H2,25,27)/b17-13-,19-14+,20-5?. The molecule has 1 aromatic carbocycles. The van der Waals surface area contributed by atoms with Crippen LogP contribution in [0.15, 0.2) is 52.1 Å². The number of carbonyl (C=O) groups is 1. The average molecular weight is 375 g/mol. The topological polar surface area (TPSA) is 83.3 Å². The van der Waals surface area contributed by atoms with Crippen LogP contribution in [0.5, 0.6) is 0 Å². The molecule has 0 saturated carbocycles. The monoisotopic (exact) mass is 375 g/mol. The number of hydrogen-bond acceptors (Lipinski definition) is 4. The first-order valence-electron chi connectivity index (χ1n) is 9.17. The van der Waals surface area contributed by atoms with E-state index >= 15 is 0 Å². The normalized spacial score (nSPS) is 12.7. The van der Waals surface area contributed by atoms with Gasteiger partial charge >= 0.3 is 0 Å². The van der Waals surface area contributed by atoms with Crippen LogP contribution in [0.4, 0.5) is 0 Å². The van der Waals surface area contributed by atoms with Gasteiger partial charge in [-0.05, 0) is 55.5 Å². The Morgan fingerprint density at radius 1 is 1.29 bits per heavy atom. The van der Waals surface area contributed by atoms with Crippen molar-refractivity contribution in [3.8, 4) is 17.4 Å². The summed E-state index contributed by atoms with van der Waals surface area (Å²) in [7, 11) is 0. The quantitative estimate of drug-likeness (QED) is 0.596. The summed E-state index contributed by atoms with van der Waals surface area (Å²) in [5.74, 6) is 0.233. The summed E-state index contributed by atoms with van der Waals surface area (Å²) >= 11 is 0. The van der Waals surface area contributed by atoms with Crippen LogP contribution in [0.3, 0.4) is 0 Å². The van der Waals surface area contributed by atoms with Crippen molar-refractivity contribution in [3.05, 3.63) is 63.9 Å². The summed E-state index contributed by atoms with van der Waals surface area (Å²) in [5, 5.41) is 10.9. The summed E-state index contributed by atoms with van der Waals surface area (Å²) < 4.78 is 5.73. The minimum atomic E-state index is -0.784. The number of rotatable bonds is 7. The molecule has 0 spiro atoms. The van der Waals surface area contributed by atoms with Crippen molar-refractivity contribution in [2.24, 2.45) is 5.73 Å². The van der Waals surface area contributed by atoms with Gasteiger partial charge in [-0.3, -0.25) is 4.79 Å². The number of primary amides is 1. The lowest BCUT2D eigenvalue weighted by molar-refractivity contribution is -0.114. The minimum absolute atomic E-state index is 0.154. The molecule has 5 heteroatoms. The van der Waals surface area contributed by atoms with Crippen LogP contribution in [0.2, 0.25) is 0 Å². The number of carbonyl (C=O) groups excluding carboxylic acids is 1. The molecule has 2 rings (SSSR count). The molecule has 1 heterocycles. The van der Waals surface area contributed by atoms with E-state index in [0.717, 1.165) is 34.8 Å². The van der Waals surface area contributed by atoms with E-state index in [1.165, 1.54) is 6.08 Å². The number of nitrogens with two attached hydrogens (primary N) is 1. The SMILES string of the molecule is C=c1cc(-c2ccc(/C=C(\C#N)C(N)=O)o2)cc/c1=C/C(=CC)N(CC)CC. The van der Waals surface area contributed by atoms with E-state index in [2.05, 4.69) is 37.5 Å². The number of hydrogen-bond donors (Lipinski definition) is 1. The molecule has 0 fully saturated rings.